The average Bonchev–Trinajstić information content (AvgIpc) is 2.61. The molecule has 0 aliphatic rings. The molecular weight excluding hydrogens is 200 g/mol. The van der Waals surface area contributed by atoms with Crippen LogP contribution in [0.5, 0.6) is 0 Å². The highest BCUT2D eigenvalue weighted by Gasteiger charge is 2.08. The van der Waals surface area contributed by atoms with Crippen LogP contribution in [0.15, 0.2) is 30.5 Å². The van der Waals surface area contributed by atoms with Crippen molar-refractivity contribution in [3.05, 3.63) is 36.0 Å². The van der Waals surface area contributed by atoms with Gasteiger partial charge in [0.15, 0.2) is 0 Å². The Hall–Kier alpha value is -1.77. The lowest BCUT2D eigenvalue weighted by atomic mass is 10.1. The molecule has 3 heteroatoms. The molecule has 1 amide bonds. The molecule has 0 aliphatic heterocycles. The number of hydrogen-bond donors (Lipinski definition) is 2. The summed E-state index contributed by atoms with van der Waals surface area (Å²) >= 11 is 0. The van der Waals surface area contributed by atoms with E-state index in [1.165, 1.54) is 10.9 Å². The molecule has 84 valence electrons. The first kappa shape index (κ1) is 10.7. The first-order chi connectivity index (χ1) is 7.66. The van der Waals surface area contributed by atoms with Gasteiger partial charge in [-0.25, -0.2) is 0 Å². The van der Waals surface area contributed by atoms with Crippen LogP contribution in [0.2, 0.25) is 0 Å². The Kier molecular flexibility index (Phi) is 2.95. The number of benzene rings is 1. The lowest BCUT2D eigenvalue weighted by Gasteiger charge is -2.11. The van der Waals surface area contributed by atoms with Gasteiger partial charge < -0.3 is 10.3 Å². The Labute approximate surface area is 94.9 Å². The molecule has 1 aromatic heterocycles. The highest BCUT2D eigenvalue weighted by Crippen LogP contribution is 2.18. The van der Waals surface area contributed by atoms with Crippen LogP contribution in [0.25, 0.3) is 10.9 Å². The maximum absolute atomic E-state index is 10.9. The summed E-state index contributed by atoms with van der Waals surface area (Å²) in [7, 11) is 0. The Morgan fingerprint density at radius 1 is 1.44 bits per heavy atom. The molecule has 2 N–H and O–H groups in total. The van der Waals surface area contributed by atoms with Crippen molar-refractivity contribution in [2.24, 2.45) is 0 Å². The van der Waals surface area contributed by atoms with E-state index in [1.54, 1.807) is 6.92 Å². The number of rotatable bonds is 3. The molecule has 0 aliphatic carbocycles. The summed E-state index contributed by atoms with van der Waals surface area (Å²) in [5, 5.41) is 4.13. The van der Waals surface area contributed by atoms with Crippen molar-refractivity contribution in [3.8, 4) is 0 Å². The lowest BCUT2D eigenvalue weighted by molar-refractivity contribution is -0.119. The van der Waals surface area contributed by atoms with E-state index in [0.717, 1.165) is 11.9 Å². The SMILES string of the molecule is CC(=O)NC(C)Cc1c[nH]c2ccccc12. The topological polar surface area (TPSA) is 44.9 Å². The Bertz CT molecular complexity index is 501. The number of nitrogens with one attached hydrogen (secondary N) is 2. The fourth-order valence-corrected chi connectivity index (χ4v) is 2.03. The minimum absolute atomic E-state index is 0.0207. The van der Waals surface area contributed by atoms with Crippen molar-refractivity contribution in [3.63, 3.8) is 0 Å². The van der Waals surface area contributed by atoms with Crippen molar-refractivity contribution in [1.82, 2.24) is 10.3 Å². The van der Waals surface area contributed by atoms with Crippen LogP contribution in [0.3, 0.4) is 0 Å². The van der Waals surface area contributed by atoms with Gasteiger partial charge >= 0.3 is 0 Å². The zero-order valence-electron chi connectivity index (χ0n) is 9.58. The zero-order chi connectivity index (χ0) is 11.5. The van der Waals surface area contributed by atoms with Gasteiger partial charge in [0.05, 0.1) is 0 Å². The molecule has 1 aromatic carbocycles. The number of hydrogen-bond acceptors (Lipinski definition) is 1. The standard InChI is InChI=1S/C13H16N2O/c1-9(15-10(2)16)7-11-8-14-13-6-4-3-5-12(11)13/h3-6,8-9,14H,7H2,1-2H3,(H,15,16). The van der Waals surface area contributed by atoms with Crippen molar-refractivity contribution in [2.75, 3.05) is 0 Å². The third kappa shape index (κ3) is 2.24. The van der Waals surface area contributed by atoms with Crippen LogP contribution in [-0.4, -0.2) is 16.9 Å². The van der Waals surface area contributed by atoms with Gasteiger partial charge in [-0.05, 0) is 25.0 Å². The molecule has 0 saturated heterocycles. The second-order valence-electron chi connectivity index (χ2n) is 4.17. The van der Waals surface area contributed by atoms with Gasteiger partial charge in [0.1, 0.15) is 0 Å². The van der Waals surface area contributed by atoms with Gasteiger partial charge in [-0.1, -0.05) is 18.2 Å². The van der Waals surface area contributed by atoms with Gasteiger partial charge in [-0.2, -0.15) is 0 Å². The van der Waals surface area contributed by atoms with Crippen LogP contribution in [0.1, 0.15) is 19.4 Å². The molecule has 16 heavy (non-hydrogen) atoms. The number of aromatic nitrogens is 1. The van der Waals surface area contributed by atoms with Crippen LogP contribution in [-0.2, 0) is 11.2 Å². The van der Waals surface area contributed by atoms with E-state index < -0.39 is 0 Å². The average molecular weight is 216 g/mol. The second-order valence-corrected chi connectivity index (χ2v) is 4.17. The van der Waals surface area contributed by atoms with Crippen molar-refractivity contribution in [2.45, 2.75) is 26.3 Å². The number of carbonyl (C=O) groups excluding carboxylic acids is 1. The minimum atomic E-state index is 0.0207. The van der Waals surface area contributed by atoms with Gasteiger partial charge in [0.25, 0.3) is 0 Å². The van der Waals surface area contributed by atoms with Gasteiger partial charge in [0.2, 0.25) is 5.91 Å². The molecule has 0 bridgehead atoms. The summed E-state index contributed by atoms with van der Waals surface area (Å²) < 4.78 is 0. The highest BCUT2D eigenvalue weighted by atomic mass is 16.1. The molecule has 1 heterocycles. The monoisotopic (exact) mass is 216 g/mol. The molecule has 0 radical (unpaired) electrons. The second kappa shape index (κ2) is 4.39. The molecule has 1 atom stereocenters. The van der Waals surface area contributed by atoms with Gasteiger partial charge in [-0.15, -0.1) is 0 Å². The molecule has 0 spiro atoms. The largest absolute Gasteiger partial charge is 0.361 e. The summed E-state index contributed by atoms with van der Waals surface area (Å²) in [6, 6.07) is 8.36. The molecule has 0 fully saturated rings. The predicted octanol–water partition coefficient (Wildman–Crippen LogP) is 2.24. The number of carbonyl (C=O) groups is 1. The van der Waals surface area contributed by atoms with E-state index in [1.807, 2.05) is 25.3 Å². The number of fused-ring (bicyclic) bond motifs is 1. The number of H-pyrrole nitrogens is 1. The van der Waals surface area contributed by atoms with Gasteiger partial charge in [-0.3, -0.25) is 4.79 Å². The first-order valence-corrected chi connectivity index (χ1v) is 5.49. The van der Waals surface area contributed by atoms with Crippen LogP contribution < -0.4 is 5.32 Å². The summed E-state index contributed by atoms with van der Waals surface area (Å²) in [5.41, 5.74) is 2.39. The Balaban J connectivity index is 2.18. The molecule has 2 rings (SSSR count). The number of aromatic amines is 1. The van der Waals surface area contributed by atoms with E-state index in [2.05, 4.69) is 22.4 Å². The number of amides is 1. The summed E-state index contributed by atoms with van der Waals surface area (Å²) in [6.45, 7) is 3.56. The lowest BCUT2D eigenvalue weighted by Crippen LogP contribution is -2.31. The smallest absolute Gasteiger partial charge is 0.217 e. The third-order valence-electron chi connectivity index (χ3n) is 2.65. The first-order valence-electron chi connectivity index (χ1n) is 5.49. The minimum Gasteiger partial charge on any atom is -0.361 e. The summed E-state index contributed by atoms with van der Waals surface area (Å²) in [6.07, 6.45) is 2.87. The third-order valence-corrected chi connectivity index (χ3v) is 2.65. The van der Waals surface area contributed by atoms with Crippen LogP contribution in [0.4, 0.5) is 0 Å². The molecule has 1 unspecified atom stereocenters. The Morgan fingerprint density at radius 2 is 2.19 bits per heavy atom. The maximum atomic E-state index is 10.9. The number of para-hydroxylation sites is 1. The van der Waals surface area contributed by atoms with E-state index in [-0.39, 0.29) is 11.9 Å². The van der Waals surface area contributed by atoms with Crippen molar-refractivity contribution in [1.29, 1.82) is 0 Å². The molecule has 2 aromatic rings. The summed E-state index contributed by atoms with van der Waals surface area (Å²) in [5.74, 6) is 0.0207. The zero-order valence-corrected chi connectivity index (χ0v) is 9.58. The van der Waals surface area contributed by atoms with E-state index in [4.69, 9.17) is 0 Å². The van der Waals surface area contributed by atoms with Crippen LogP contribution >= 0.6 is 0 Å². The van der Waals surface area contributed by atoms with E-state index in [9.17, 15) is 4.79 Å². The van der Waals surface area contributed by atoms with E-state index in [0.29, 0.717) is 0 Å². The molecule has 3 nitrogen and oxygen atoms in total. The fourth-order valence-electron chi connectivity index (χ4n) is 2.03. The molecular formula is C13H16N2O. The van der Waals surface area contributed by atoms with Crippen molar-refractivity contribution < 1.29 is 4.79 Å². The fraction of sp³-hybridized carbons (Fsp3) is 0.308. The van der Waals surface area contributed by atoms with Crippen molar-refractivity contribution >= 4 is 16.8 Å². The predicted molar refractivity (Wildman–Crippen MR) is 65.3 cm³/mol. The molecule has 0 saturated carbocycles. The Morgan fingerprint density at radius 3 is 2.94 bits per heavy atom. The maximum Gasteiger partial charge on any atom is 0.217 e. The quantitative estimate of drug-likeness (QED) is 0.812. The normalized spacial score (nSPS) is 12.6. The van der Waals surface area contributed by atoms with Gasteiger partial charge in [0, 0.05) is 30.1 Å². The summed E-state index contributed by atoms with van der Waals surface area (Å²) in [4.78, 5) is 14.2. The highest BCUT2D eigenvalue weighted by molar-refractivity contribution is 5.83. The van der Waals surface area contributed by atoms with Crippen LogP contribution in [0, 0.1) is 0 Å². The van der Waals surface area contributed by atoms with E-state index >= 15 is 0 Å².